The molecule has 1 N–H and O–H groups in total. The van der Waals surface area contributed by atoms with Crippen LogP contribution in [0.15, 0.2) is 0 Å². The van der Waals surface area contributed by atoms with Gasteiger partial charge >= 0.3 is 18.3 Å². The molecule has 1 aromatic heterocycles. The summed E-state index contributed by atoms with van der Waals surface area (Å²) >= 11 is 0.827. The first-order valence-electron chi connectivity index (χ1n) is 5.78. The van der Waals surface area contributed by atoms with Crippen molar-refractivity contribution in [1.82, 2.24) is 4.98 Å². The lowest BCUT2D eigenvalue weighted by Crippen LogP contribution is -2.32. The summed E-state index contributed by atoms with van der Waals surface area (Å²) in [5.41, 5.74) is 0.432. The van der Waals surface area contributed by atoms with Crippen molar-refractivity contribution in [3.05, 3.63) is 15.6 Å². The molecule has 0 bridgehead atoms. The summed E-state index contributed by atoms with van der Waals surface area (Å²) in [6.07, 6.45) is -2.11. The Morgan fingerprint density at radius 2 is 2.15 bits per heavy atom. The molecular formula is C11H11F4NO3S. The number of aromatic carboxylic acids is 1. The number of ether oxygens (including phenoxy) is 1. The Balaban J connectivity index is 1.97. The van der Waals surface area contributed by atoms with Crippen LogP contribution in [0.1, 0.15) is 39.1 Å². The topological polar surface area (TPSA) is 59.4 Å². The number of halogens is 4. The summed E-state index contributed by atoms with van der Waals surface area (Å²) in [6.45, 7) is -1.83. The first-order valence-corrected chi connectivity index (χ1v) is 6.59. The minimum atomic E-state index is -4.22. The van der Waals surface area contributed by atoms with E-state index in [0.29, 0.717) is 5.69 Å². The van der Waals surface area contributed by atoms with Crippen molar-refractivity contribution in [2.45, 2.75) is 37.7 Å². The predicted octanol–water partition coefficient (Wildman–Crippen LogP) is 3.14. The van der Waals surface area contributed by atoms with Gasteiger partial charge in [-0.1, -0.05) is 0 Å². The Morgan fingerprint density at radius 3 is 2.65 bits per heavy atom. The molecule has 1 saturated carbocycles. The maximum Gasteiger partial charge on any atom is 0.347 e. The molecule has 1 aliphatic rings. The molecule has 0 aliphatic heterocycles. The number of aromatic nitrogens is 1. The molecule has 0 unspecified atom stereocenters. The van der Waals surface area contributed by atoms with E-state index >= 15 is 0 Å². The second-order valence-electron chi connectivity index (χ2n) is 4.46. The molecule has 4 nitrogen and oxygen atoms in total. The number of hydrogen-bond donors (Lipinski definition) is 1. The zero-order valence-corrected chi connectivity index (χ0v) is 10.9. The minimum Gasteiger partial charge on any atom is -0.477 e. The molecule has 112 valence electrons. The van der Waals surface area contributed by atoms with Gasteiger partial charge in [-0.15, -0.1) is 11.3 Å². The summed E-state index contributed by atoms with van der Waals surface area (Å²) in [5, 5.41) is 9.20. The molecule has 0 atom stereocenters. The van der Waals surface area contributed by atoms with Crippen molar-refractivity contribution < 1.29 is 32.2 Å². The van der Waals surface area contributed by atoms with Gasteiger partial charge in [0.05, 0.1) is 12.3 Å². The highest BCUT2D eigenvalue weighted by molar-refractivity contribution is 7.13. The van der Waals surface area contributed by atoms with E-state index in [1.807, 2.05) is 0 Å². The molecule has 20 heavy (non-hydrogen) atoms. The molecule has 1 aliphatic carbocycles. The van der Waals surface area contributed by atoms with Crippen molar-refractivity contribution in [2.75, 3.05) is 6.61 Å². The fraction of sp³-hybridized carbons (Fsp3) is 0.636. The van der Waals surface area contributed by atoms with Gasteiger partial charge in [0.25, 0.3) is 0 Å². The van der Waals surface area contributed by atoms with Gasteiger partial charge in [0.15, 0.2) is 0 Å². The van der Waals surface area contributed by atoms with Gasteiger partial charge < -0.3 is 9.84 Å². The standard InChI is InChI=1S/C11H11F4NO3S/c12-10(13)11(14,15)4-19-3-6-16-7(5-1-2-5)8(20-6)9(17)18/h5,10H,1-4H2,(H,17,18). The second kappa shape index (κ2) is 5.65. The normalized spacial score (nSPS) is 15.8. The average Bonchev–Trinajstić information content (AvgIpc) is 3.10. The van der Waals surface area contributed by atoms with Crippen molar-refractivity contribution in [2.24, 2.45) is 0 Å². The molecule has 1 heterocycles. The zero-order chi connectivity index (χ0) is 14.9. The van der Waals surface area contributed by atoms with Crippen LogP contribution in [0.5, 0.6) is 0 Å². The Hall–Kier alpha value is -1.22. The van der Waals surface area contributed by atoms with Crippen LogP contribution < -0.4 is 0 Å². The smallest absolute Gasteiger partial charge is 0.347 e. The quantitative estimate of drug-likeness (QED) is 0.786. The Morgan fingerprint density at radius 1 is 1.50 bits per heavy atom. The van der Waals surface area contributed by atoms with Crippen molar-refractivity contribution in [3.63, 3.8) is 0 Å². The number of thiazole rings is 1. The van der Waals surface area contributed by atoms with E-state index in [9.17, 15) is 22.4 Å². The lowest BCUT2D eigenvalue weighted by molar-refractivity contribution is -0.168. The summed E-state index contributed by atoms with van der Waals surface area (Å²) in [5.74, 6) is -5.26. The lowest BCUT2D eigenvalue weighted by atomic mass is 10.2. The Kier molecular flexibility index (Phi) is 4.28. The largest absolute Gasteiger partial charge is 0.477 e. The van der Waals surface area contributed by atoms with Gasteiger partial charge in [-0.05, 0) is 12.8 Å². The SMILES string of the molecule is O=C(O)c1sc(COCC(F)(F)C(F)F)nc1C1CC1. The van der Waals surface area contributed by atoms with Crippen LogP contribution in [0, 0.1) is 0 Å². The monoisotopic (exact) mass is 313 g/mol. The highest BCUT2D eigenvalue weighted by atomic mass is 32.1. The first-order chi connectivity index (χ1) is 9.31. The molecule has 0 radical (unpaired) electrons. The lowest BCUT2D eigenvalue weighted by Gasteiger charge is -2.14. The van der Waals surface area contributed by atoms with E-state index in [-0.39, 0.29) is 15.8 Å². The van der Waals surface area contributed by atoms with E-state index in [0.717, 1.165) is 24.2 Å². The van der Waals surface area contributed by atoms with Gasteiger partial charge in [0.1, 0.15) is 16.5 Å². The van der Waals surface area contributed by atoms with E-state index in [1.54, 1.807) is 0 Å². The molecule has 2 rings (SSSR count). The van der Waals surface area contributed by atoms with Gasteiger partial charge in [-0.25, -0.2) is 18.6 Å². The van der Waals surface area contributed by atoms with Crippen molar-refractivity contribution >= 4 is 17.3 Å². The van der Waals surface area contributed by atoms with E-state index in [2.05, 4.69) is 9.72 Å². The van der Waals surface area contributed by atoms with E-state index in [4.69, 9.17) is 5.11 Å². The Bertz CT molecular complexity index is 502. The minimum absolute atomic E-state index is 0.0618. The summed E-state index contributed by atoms with van der Waals surface area (Å²) in [4.78, 5) is 15.1. The summed E-state index contributed by atoms with van der Waals surface area (Å²) in [7, 11) is 0. The maximum absolute atomic E-state index is 12.6. The molecule has 0 spiro atoms. The molecule has 0 saturated heterocycles. The third-order valence-corrected chi connectivity index (χ3v) is 3.73. The van der Waals surface area contributed by atoms with Gasteiger partial charge in [0, 0.05) is 5.92 Å². The van der Waals surface area contributed by atoms with Crippen LogP contribution in [0.3, 0.4) is 0 Å². The van der Waals surface area contributed by atoms with Crippen molar-refractivity contribution in [3.8, 4) is 0 Å². The second-order valence-corrected chi connectivity index (χ2v) is 5.54. The van der Waals surface area contributed by atoms with Crippen LogP contribution >= 0.6 is 11.3 Å². The van der Waals surface area contributed by atoms with Crippen LogP contribution in [-0.4, -0.2) is 35.0 Å². The predicted molar refractivity (Wildman–Crippen MR) is 61.7 cm³/mol. The number of alkyl halides is 4. The van der Waals surface area contributed by atoms with Crippen LogP contribution in [-0.2, 0) is 11.3 Å². The zero-order valence-electron chi connectivity index (χ0n) is 10.1. The number of rotatable bonds is 7. The molecular weight excluding hydrogens is 302 g/mol. The fourth-order valence-corrected chi connectivity index (χ4v) is 2.49. The maximum atomic E-state index is 12.6. The van der Waals surface area contributed by atoms with E-state index < -0.39 is 31.5 Å². The van der Waals surface area contributed by atoms with E-state index in [1.165, 1.54) is 0 Å². The number of hydrogen-bond acceptors (Lipinski definition) is 4. The van der Waals surface area contributed by atoms with Gasteiger partial charge in [-0.2, -0.15) is 8.78 Å². The summed E-state index contributed by atoms with van der Waals surface area (Å²) < 4.78 is 53.6. The summed E-state index contributed by atoms with van der Waals surface area (Å²) in [6, 6.07) is 0. The third-order valence-electron chi connectivity index (χ3n) is 2.70. The number of nitrogens with zero attached hydrogens (tertiary/aromatic N) is 1. The van der Waals surface area contributed by atoms with Crippen LogP contribution in [0.25, 0.3) is 0 Å². The first kappa shape index (κ1) is 15.2. The molecule has 9 heteroatoms. The Labute approximate surface area is 115 Å². The molecule has 1 fully saturated rings. The molecule has 0 amide bonds. The number of carboxylic acids is 1. The third kappa shape index (κ3) is 3.45. The fourth-order valence-electron chi connectivity index (χ4n) is 1.56. The van der Waals surface area contributed by atoms with Gasteiger partial charge in [-0.3, -0.25) is 0 Å². The number of carbonyl (C=O) groups is 1. The van der Waals surface area contributed by atoms with Gasteiger partial charge in [0.2, 0.25) is 0 Å². The van der Waals surface area contributed by atoms with Crippen LogP contribution in [0.2, 0.25) is 0 Å². The van der Waals surface area contributed by atoms with Crippen molar-refractivity contribution in [1.29, 1.82) is 0 Å². The number of carboxylic acid groups (broad SMARTS) is 1. The molecule has 1 aromatic rings. The highest BCUT2D eigenvalue weighted by Gasteiger charge is 2.41. The highest BCUT2D eigenvalue weighted by Crippen LogP contribution is 2.42. The average molecular weight is 313 g/mol. The van der Waals surface area contributed by atoms with Crippen LogP contribution in [0.4, 0.5) is 17.6 Å². The molecule has 0 aromatic carbocycles.